The lowest BCUT2D eigenvalue weighted by Gasteiger charge is -2.10. The van der Waals surface area contributed by atoms with Crippen molar-refractivity contribution < 1.29 is 0 Å². The summed E-state index contributed by atoms with van der Waals surface area (Å²) in [6.45, 7) is 11.4. The summed E-state index contributed by atoms with van der Waals surface area (Å²) in [5.74, 6) is 0.728. The molecule has 0 aromatic carbocycles. The van der Waals surface area contributed by atoms with Gasteiger partial charge in [0.2, 0.25) is 0 Å². The average Bonchev–Trinajstić information content (AvgIpc) is 2.10. The highest BCUT2D eigenvalue weighted by Gasteiger charge is 2.01. The Morgan fingerprint density at radius 3 is 1.87 bits per heavy atom. The molecule has 0 aliphatic carbocycles. The zero-order chi connectivity index (χ0) is 10.3. The Hall–Kier alpha value is -0.260. The first-order valence-corrected chi connectivity index (χ1v) is 5.75. The molecule has 0 N–H and O–H groups in total. The minimum absolute atomic E-state index is 0. The minimum Gasteiger partial charge on any atom is -0.0776 e. The molecular weight excluding hydrogens is 180 g/mol. The summed E-state index contributed by atoms with van der Waals surface area (Å²) in [7, 11) is 0. The van der Waals surface area contributed by atoms with Crippen LogP contribution in [0.4, 0.5) is 0 Å². The monoisotopic (exact) mass is 214 g/mol. The first kappa shape index (κ1) is 20.2. The molecule has 0 rings (SSSR count). The molecule has 0 atom stereocenters. The van der Waals surface area contributed by atoms with Gasteiger partial charge in [-0.1, -0.05) is 66.0 Å². The van der Waals surface area contributed by atoms with Gasteiger partial charge in [-0.2, -0.15) is 0 Å². The van der Waals surface area contributed by atoms with Crippen molar-refractivity contribution in [1.82, 2.24) is 0 Å². The molecule has 0 saturated heterocycles. The topological polar surface area (TPSA) is 0 Å². The molecule has 0 saturated carbocycles. The van der Waals surface area contributed by atoms with E-state index < -0.39 is 0 Å². The van der Waals surface area contributed by atoms with E-state index in [1.807, 2.05) is 0 Å². The zero-order valence-corrected chi connectivity index (χ0v) is 10.1. The first-order chi connectivity index (χ1) is 6.09. The maximum absolute atomic E-state index is 2.29. The molecule has 0 aromatic rings. The Balaban J connectivity index is -0.000000720. The third kappa shape index (κ3) is 10.0. The fraction of sp³-hybridized carbons (Fsp3) is 0.867. The molecule has 15 heavy (non-hydrogen) atoms. The van der Waals surface area contributed by atoms with E-state index in [-0.39, 0.29) is 14.9 Å². The van der Waals surface area contributed by atoms with E-state index >= 15 is 0 Å². The SMILES string of the molecule is C.C.CCCCCC/C(C)=C(\C)C(C)C. The molecule has 0 nitrogen and oxygen atoms in total. The van der Waals surface area contributed by atoms with Crippen LogP contribution < -0.4 is 0 Å². The largest absolute Gasteiger partial charge is 0.0776 e. The van der Waals surface area contributed by atoms with Crippen LogP contribution >= 0.6 is 0 Å². The summed E-state index contributed by atoms with van der Waals surface area (Å²) >= 11 is 0. The van der Waals surface area contributed by atoms with Crippen LogP contribution in [0.1, 0.15) is 81.6 Å². The Bertz CT molecular complexity index is 151. The molecule has 0 aliphatic heterocycles. The molecule has 94 valence electrons. The molecule has 0 heteroatoms. The van der Waals surface area contributed by atoms with Gasteiger partial charge in [0.25, 0.3) is 0 Å². The molecule has 0 aromatic heterocycles. The van der Waals surface area contributed by atoms with Gasteiger partial charge in [-0.25, -0.2) is 0 Å². The maximum Gasteiger partial charge on any atom is -0.0260 e. The highest BCUT2D eigenvalue weighted by atomic mass is 14.1. The smallest absolute Gasteiger partial charge is 0.0260 e. The van der Waals surface area contributed by atoms with E-state index in [9.17, 15) is 0 Å². The lowest BCUT2D eigenvalue weighted by Crippen LogP contribution is -1.93. The van der Waals surface area contributed by atoms with Crippen molar-refractivity contribution in [2.75, 3.05) is 0 Å². The molecule has 0 aliphatic rings. The van der Waals surface area contributed by atoms with E-state index in [1.54, 1.807) is 11.1 Å². The van der Waals surface area contributed by atoms with E-state index in [2.05, 4.69) is 34.6 Å². The van der Waals surface area contributed by atoms with Gasteiger partial charge in [0.05, 0.1) is 0 Å². The number of hydrogen-bond acceptors (Lipinski definition) is 0. The summed E-state index contributed by atoms with van der Waals surface area (Å²) in [6, 6.07) is 0. The molecule has 0 fully saturated rings. The van der Waals surface area contributed by atoms with Crippen LogP contribution in [0.2, 0.25) is 0 Å². The summed E-state index contributed by atoms with van der Waals surface area (Å²) in [6.07, 6.45) is 6.83. The minimum atomic E-state index is 0. The Morgan fingerprint density at radius 2 is 1.47 bits per heavy atom. The Kier molecular flexibility index (Phi) is 15.9. The van der Waals surface area contributed by atoms with Crippen molar-refractivity contribution in [2.45, 2.75) is 81.6 Å². The Morgan fingerprint density at radius 1 is 0.933 bits per heavy atom. The fourth-order valence-corrected chi connectivity index (χ4v) is 1.51. The third-order valence-electron chi connectivity index (χ3n) is 2.94. The molecule has 0 radical (unpaired) electrons. The standard InChI is InChI=1S/C13H26.2CH4/c1-6-7-8-9-10-12(4)13(5)11(2)3;;/h11H,6-10H2,1-5H3;2*1H4/b13-12+;;. The van der Waals surface area contributed by atoms with Crippen molar-refractivity contribution in [3.05, 3.63) is 11.1 Å². The van der Waals surface area contributed by atoms with Crippen LogP contribution in [0.5, 0.6) is 0 Å². The molecule has 0 spiro atoms. The second-order valence-corrected chi connectivity index (χ2v) is 4.43. The summed E-state index contributed by atoms with van der Waals surface area (Å²) in [5, 5.41) is 0. The van der Waals surface area contributed by atoms with Gasteiger partial charge in [-0.3, -0.25) is 0 Å². The van der Waals surface area contributed by atoms with Crippen LogP contribution in [0.25, 0.3) is 0 Å². The van der Waals surface area contributed by atoms with E-state index in [0.29, 0.717) is 0 Å². The van der Waals surface area contributed by atoms with Crippen molar-refractivity contribution in [1.29, 1.82) is 0 Å². The van der Waals surface area contributed by atoms with Gasteiger partial charge in [0, 0.05) is 0 Å². The van der Waals surface area contributed by atoms with Crippen LogP contribution in [0.15, 0.2) is 11.1 Å². The quantitative estimate of drug-likeness (QED) is 0.363. The lowest BCUT2D eigenvalue weighted by atomic mass is 9.96. The van der Waals surface area contributed by atoms with Crippen molar-refractivity contribution in [3.63, 3.8) is 0 Å². The van der Waals surface area contributed by atoms with Crippen molar-refractivity contribution in [3.8, 4) is 0 Å². The lowest BCUT2D eigenvalue weighted by molar-refractivity contribution is 0.653. The zero-order valence-electron chi connectivity index (χ0n) is 10.1. The Labute approximate surface area is 99.2 Å². The van der Waals surface area contributed by atoms with Crippen LogP contribution in [0.3, 0.4) is 0 Å². The van der Waals surface area contributed by atoms with Gasteiger partial charge < -0.3 is 0 Å². The fourth-order valence-electron chi connectivity index (χ4n) is 1.51. The molecule has 0 heterocycles. The highest BCUT2D eigenvalue weighted by Crippen LogP contribution is 2.18. The summed E-state index contributed by atoms with van der Waals surface area (Å²) in [4.78, 5) is 0. The van der Waals surface area contributed by atoms with Gasteiger partial charge in [0.1, 0.15) is 0 Å². The van der Waals surface area contributed by atoms with Gasteiger partial charge in [0.15, 0.2) is 0 Å². The molecular formula is C15H34. The molecule has 0 amide bonds. The third-order valence-corrected chi connectivity index (χ3v) is 2.94. The maximum atomic E-state index is 2.29. The van der Waals surface area contributed by atoms with Crippen LogP contribution in [0, 0.1) is 5.92 Å². The van der Waals surface area contributed by atoms with Gasteiger partial charge in [-0.15, -0.1) is 0 Å². The van der Waals surface area contributed by atoms with Gasteiger partial charge >= 0.3 is 0 Å². The number of rotatable bonds is 6. The highest BCUT2D eigenvalue weighted by molar-refractivity contribution is 5.11. The van der Waals surface area contributed by atoms with E-state index in [4.69, 9.17) is 0 Å². The predicted octanol–water partition coefficient (Wildman–Crippen LogP) is 6.22. The first-order valence-electron chi connectivity index (χ1n) is 5.75. The second-order valence-electron chi connectivity index (χ2n) is 4.43. The average molecular weight is 214 g/mol. The van der Waals surface area contributed by atoms with E-state index in [1.165, 1.54) is 32.1 Å². The predicted molar refractivity (Wildman–Crippen MR) is 75.4 cm³/mol. The molecule has 0 unspecified atom stereocenters. The van der Waals surface area contributed by atoms with Crippen LogP contribution in [-0.2, 0) is 0 Å². The number of allylic oxidation sites excluding steroid dienone is 2. The second kappa shape index (κ2) is 11.8. The molecule has 0 bridgehead atoms. The normalized spacial score (nSPS) is 11.6. The van der Waals surface area contributed by atoms with Crippen molar-refractivity contribution in [2.24, 2.45) is 5.92 Å². The number of unbranched alkanes of at least 4 members (excludes halogenated alkanes) is 3. The van der Waals surface area contributed by atoms with Crippen LogP contribution in [-0.4, -0.2) is 0 Å². The summed E-state index contributed by atoms with van der Waals surface area (Å²) < 4.78 is 0. The van der Waals surface area contributed by atoms with Gasteiger partial charge in [-0.05, 0) is 32.6 Å². The van der Waals surface area contributed by atoms with Crippen molar-refractivity contribution >= 4 is 0 Å². The number of hydrogen-bond donors (Lipinski definition) is 0. The van der Waals surface area contributed by atoms with E-state index in [0.717, 1.165) is 5.92 Å². The summed E-state index contributed by atoms with van der Waals surface area (Å²) in [5.41, 5.74) is 3.21.